The van der Waals surface area contributed by atoms with Crippen molar-refractivity contribution in [1.82, 2.24) is 5.32 Å². The van der Waals surface area contributed by atoms with Crippen LogP contribution >= 0.6 is 27.5 Å². The summed E-state index contributed by atoms with van der Waals surface area (Å²) in [6.07, 6.45) is 0.521. The molecule has 0 saturated carbocycles. The number of hydrogen-bond acceptors (Lipinski definition) is 2. The molecule has 112 valence electrons. The molecule has 0 fully saturated rings. The summed E-state index contributed by atoms with van der Waals surface area (Å²) in [4.78, 5) is 0. The molecule has 0 radical (unpaired) electrons. The predicted octanol–water partition coefficient (Wildman–Crippen LogP) is 4.75. The predicted molar refractivity (Wildman–Crippen MR) is 87.6 cm³/mol. The minimum atomic E-state index is -0.224. The van der Waals surface area contributed by atoms with E-state index in [0.29, 0.717) is 22.8 Å². The standard InChI is InChI=1S/C16H16BrClFNO/c1-20-15(7-10-3-4-11(17)8-14(10)19)13-6-5-12(18)9-16(13)21-2/h3-6,8-9,15,20H,7H2,1-2H3. The zero-order chi connectivity index (χ0) is 15.4. The molecule has 1 N–H and O–H groups in total. The first-order valence-corrected chi connectivity index (χ1v) is 7.67. The molecule has 5 heteroatoms. The molecule has 1 atom stereocenters. The van der Waals surface area contributed by atoms with Gasteiger partial charge in [0.05, 0.1) is 7.11 Å². The second kappa shape index (κ2) is 7.25. The average Bonchev–Trinajstić information content (AvgIpc) is 2.47. The molecule has 21 heavy (non-hydrogen) atoms. The third-order valence-electron chi connectivity index (χ3n) is 3.36. The van der Waals surface area contributed by atoms with Crippen LogP contribution in [0, 0.1) is 5.82 Å². The van der Waals surface area contributed by atoms with E-state index >= 15 is 0 Å². The number of benzene rings is 2. The summed E-state index contributed by atoms with van der Waals surface area (Å²) in [6.45, 7) is 0. The molecule has 2 aromatic carbocycles. The Morgan fingerprint density at radius 3 is 2.67 bits per heavy atom. The van der Waals surface area contributed by atoms with E-state index in [0.717, 1.165) is 10.0 Å². The van der Waals surface area contributed by atoms with Crippen LogP contribution in [0.15, 0.2) is 40.9 Å². The number of halogens is 3. The molecule has 2 nitrogen and oxygen atoms in total. The topological polar surface area (TPSA) is 21.3 Å². The maximum atomic E-state index is 14.0. The lowest BCUT2D eigenvalue weighted by molar-refractivity contribution is 0.400. The van der Waals surface area contributed by atoms with Crippen molar-refractivity contribution in [3.63, 3.8) is 0 Å². The van der Waals surface area contributed by atoms with E-state index in [9.17, 15) is 4.39 Å². The highest BCUT2D eigenvalue weighted by molar-refractivity contribution is 9.10. The summed E-state index contributed by atoms with van der Waals surface area (Å²) in [5.74, 6) is 0.469. The van der Waals surface area contributed by atoms with Gasteiger partial charge in [-0.2, -0.15) is 0 Å². The van der Waals surface area contributed by atoms with Gasteiger partial charge in [0.15, 0.2) is 0 Å². The van der Waals surface area contributed by atoms with Gasteiger partial charge in [0.25, 0.3) is 0 Å². The minimum absolute atomic E-state index is 0.0621. The van der Waals surface area contributed by atoms with Crippen LogP contribution in [0.4, 0.5) is 4.39 Å². The summed E-state index contributed by atoms with van der Waals surface area (Å²) in [6, 6.07) is 10.5. The van der Waals surface area contributed by atoms with Crippen LogP contribution in [-0.2, 0) is 6.42 Å². The van der Waals surface area contributed by atoms with Crippen molar-refractivity contribution in [2.45, 2.75) is 12.5 Å². The Kier molecular flexibility index (Phi) is 5.62. The molecule has 0 aliphatic carbocycles. The fourth-order valence-corrected chi connectivity index (χ4v) is 2.74. The quantitative estimate of drug-likeness (QED) is 0.817. The van der Waals surface area contributed by atoms with Crippen LogP contribution in [0.1, 0.15) is 17.2 Å². The van der Waals surface area contributed by atoms with Gasteiger partial charge >= 0.3 is 0 Å². The van der Waals surface area contributed by atoms with Gasteiger partial charge < -0.3 is 10.1 Å². The van der Waals surface area contributed by atoms with Gasteiger partial charge in [-0.1, -0.05) is 39.7 Å². The molecular weight excluding hydrogens is 357 g/mol. The van der Waals surface area contributed by atoms with Gasteiger partial charge in [-0.25, -0.2) is 4.39 Å². The summed E-state index contributed by atoms with van der Waals surface area (Å²) in [5.41, 5.74) is 1.60. The molecule has 1 unspecified atom stereocenters. The van der Waals surface area contributed by atoms with Gasteiger partial charge in [0, 0.05) is 21.1 Å². The van der Waals surface area contributed by atoms with Crippen molar-refractivity contribution in [3.05, 3.63) is 62.8 Å². The highest BCUT2D eigenvalue weighted by Crippen LogP contribution is 2.31. The van der Waals surface area contributed by atoms with Crippen molar-refractivity contribution < 1.29 is 9.13 Å². The number of methoxy groups -OCH3 is 1. The van der Waals surface area contributed by atoms with Crippen molar-refractivity contribution in [2.24, 2.45) is 0 Å². The largest absolute Gasteiger partial charge is 0.496 e. The first kappa shape index (κ1) is 16.3. The number of ether oxygens (including phenoxy) is 1. The van der Waals surface area contributed by atoms with E-state index in [1.165, 1.54) is 6.07 Å². The Morgan fingerprint density at radius 2 is 2.05 bits per heavy atom. The molecule has 2 aromatic rings. The Bertz CT molecular complexity index is 636. The second-order valence-corrected chi connectivity index (χ2v) is 6.02. The highest BCUT2D eigenvalue weighted by Gasteiger charge is 2.17. The zero-order valence-corrected chi connectivity index (χ0v) is 14.1. The highest BCUT2D eigenvalue weighted by atomic mass is 79.9. The third-order valence-corrected chi connectivity index (χ3v) is 4.09. The van der Waals surface area contributed by atoms with Gasteiger partial charge in [-0.15, -0.1) is 0 Å². The smallest absolute Gasteiger partial charge is 0.127 e. The fourth-order valence-electron chi connectivity index (χ4n) is 2.25. The SMILES string of the molecule is CNC(Cc1ccc(Br)cc1F)c1ccc(Cl)cc1OC. The Labute approximate surface area is 137 Å². The summed E-state index contributed by atoms with van der Waals surface area (Å²) >= 11 is 9.25. The van der Waals surface area contributed by atoms with Gasteiger partial charge in [-0.3, -0.25) is 0 Å². The van der Waals surface area contributed by atoms with Crippen LogP contribution in [0.2, 0.25) is 5.02 Å². The number of rotatable bonds is 5. The molecule has 0 aromatic heterocycles. The van der Waals surface area contributed by atoms with Crippen molar-refractivity contribution in [3.8, 4) is 5.75 Å². The van der Waals surface area contributed by atoms with Crippen molar-refractivity contribution >= 4 is 27.5 Å². The number of likely N-dealkylation sites (N-methyl/N-ethyl adjacent to an activating group) is 1. The molecule has 0 aliphatic rings. The summed E-state index contributed by atoms with van der Waals surface area (Å²) in [7, 11) is 3.44. The Hall–Kier alpha value is -1.10. The van der Waals surface area contributed by atoms with Crippen LogP contribution in [0.25, 0.3) is 0 Å². The Balaban J connectivity index is 2.32. The van der Waals surface area contributed by atoms with E-state index in [1.807, 2.05) is 25.2 Å². The molecule has 0 bridgehead atoms. The van der Waals surface area contributed by atoms with Crippen LogP contribution in [-0.4, -0.2) is 14.2 Å². The average molecular weight is 373 g/mol. The lowest BCUT2D eigenvalue weighted by atomic mass is 9.98. The maximum Gasteiger partial charge on any atom is 0.127 e. The second-order valence-electron chi connectivity index (χ2n) is 4.67. The van der Waals surface area contributed by atoms with Gasteiger partial charge in [0.2, 0.25) is 0 Å². The molecule has 0 aliphatic heterocycles. The van der Waals surface area contributed by atoms with Gasteiger partial charge in [-0.05, 0) is 43.3 Å². The van der Waals surface area contributed by atoms with Crippen LogP contribution in [0.5, 0.6) is 5.75 Å². The van der Waals surface area contributed by atoms with E-state index in [2.05, 4.69) is 21.2 Å². The fraction of sp³-hybridized carbons (Fsp3) is 0.250. The maximum absolute atomic E-state index is 14.0. The molecule has 0 saturated heterocycles. The van der Waals surface area contributed by atoms with Crippen LogP contribution in [0.3, 0.4) is 0 Å². The van der Waals surface area contributed by atoms with Crippen molar-refractivity contribution in [2.75, 3.05) is 14.2 Å². The Morgan fingerprint density at radius 1 is 1.29 bits per heavy atom. The van der Waals surface area contributed by atoms with E-state index in [4.69, 9.17) is 16.3 Å². The normalized spacial score (nSPS) is 12.2. The zero-order valence-electron chi connectivity index (χ0n) is 11.8. The third kappa shape index (κ3) is 3.96. The van der Waals surface area contributed by atoms with E-state index in [-0.39, 0.29) is 11.9 Å². The van der Waals surface area contributed by atoms with Gasteiger partial charge in [0.1, 0.15) is 11.6 Å². The number of hydrogen-bond donors (Lipinski definition) is 1. The lowest BCUT2D eigenvalue weighted by Gasteiger charge is -2.20. The first-order valence-electron chi connectivity index (χ1n) is 6.49. The summed E-state index contributed by atoms with van der Waals surface area (Å²) in [5, 5.41) is 3.81. The molecule has 0 spiro atoms. The molecule has 2 rings (SSSR count). The molecule has 0 heterocycles. The lowest BCUT2D eigenvalue weighted by Crippen LogP contribution is -2.20. The van der Waals surface area contributed by atoms with E-state index < -0.39 is 0 Å². The summed E-state index contributed by atoms with van der Waals surface area (Å²) < 4.78 is 20.1. The first-order chi connectivity index (χ1) is 10.0. The minimum Gasteiger partial charge on any atom is -0.496 e. The molecular formula is C16H16BrClFNO. The van der Waals surface area contributed by atoms with E-state index in [1.54, 1.807) is 19.2 Å². The van der Waals surface area contributed by atoms with Crippen molar-refractivity contribution in [1.29, 1.82) is 0 Å². The van der Waals surface area contributed by atoms with Crippen LogP contribution < -0.4 is 10.1 Å². The monoisotopic (exact) mass is 371 g/mol. The molecule has 0 amide bonds. The number of nitrogens with one attached hydrogen (secondary N) is 1.